The fraction of sp³-hybridized carbons (Fsp3) is 0.583. The Bertz CT molecular complexity index is 1090. The van der Waals surface area contributed by atoms with E-state index in [1.807, 2.05) is 40.7 Å². The summed E-state index contributed by atoms with van der Waals surface area (Å²) in [5.74, 6) is -1.72. The standard InChI is InChI=1S/C22H27N3O6.C2H6/c1-22(2,3)31-20(28)13-8-10-24(11-9-13)14-4-5-15-17(12-14)30-21(29)25(15)16-6-7-18(26)23-19(16)27;1-2/h4-5,12-13,16H,6-11H2,1-3H3,(H,23,26,27);1-2H3. The van der Waals surface area contributed by atoms with Gasteiger partial charge in [0.1, 0.15) is 11.6 Å². The molecule has 0 aliphatic carbocycles. The van der Waals surface area contributed by atoms with Gasteiger partial charge in [0.05, 0.1) is 11.4 Å². The molecule has 2 fully saturated rings. The molecule has 9 nitrogen and oxygen atoms in total. The number of hydrogen-bond acceptors (Lipinski definition) is 7. The first-order valence-corrected chi connectivity index (χ1v) is 11.6. The summed E-state index contributed by atoms with van der Waals surface area (Å²) in [4.78, 5) is 50.5. The SMILES string of the molecule is CC.CC(C)(C)OC(=O)C1CCN(c2ccc3c(c2)oc(=O)n3C2CCC(=O)NC2=O)CC1. The number of amides is 2. The zero-order valence-corrected chi connectivity index (χ0v) is 20.0. The third-order valence-corrected chi connectivity index (χ3v) is 5.72. The predicted octanol–water partition coefficient (Wildman–Crippen LogP) is 3.16. The zero-order valence-electron chi connectivity index (χ0n) is 20.0. The number of esters is 1. The number of nitrogens with zero attached hydrogens (tertiary/aromatic N) is 2. The maximum Gasteiger partial charge on any atom is 0.420 e. The highest BCUT2D eigenvalue weighted by molar-refractivity contribution is 6.00. The second-order valence-corrected chi connectivity index (χ2v) is 9.15. The number of fused-ring (bicyclic) bond motifs is 1. The fourth-order valence-corrected chi connectivity index (χ4v) is 4.20. The first kappa shape index (κ1) is 24.5. The van der Waals surface area contributed by atoms with Gasteiger partial charge in [0.2, 0.25) is 11.8 Å². The van der Waals surface area contributed by atoms with Crippen LogP contribution in [0.1, 0.15) is 66.3 Å². The van der Waals surface area contributed by atoms with Gasteiger partial charge in [0.15, 0.2) is 5.58 Å². The molecule has 180 valence electrons. The molecule has 0 saturated carbocycles. The van der Waals surface area contributed by atoms with E-state index in [4.69, 9.17) is 9.15 Å². The third kappa shape index (κ3) is 5.46. The van der Waals surface area contributed by atoms with Gasteiger partial charge in [-0.05, 0) is 52.2 Å². The van der Waals surface area contributed by atoms with Gasteiger partial charge in [0, 0.05) is 31.3 Å². The second kappa shape index (κ2) is 9.80. The van der Waals surface area contributed by atoms with Crippen LogP contribution in [0.5, 0.6) is 0 Å². The number of anilines is 1. The second-order valence-electron chi connectivity index (χ2n) is 9.15. The van der Waals surface area contributed by atoms with Crippen molar-refractivity contribution in [1.29, 1.82) is 0 Å². The van der Waals surface area contributed by atoms with Crippen molar-refractivity contribution in [2.24, 2.45) is 5.92 Å². The van der Waals surface area contributed by atoms with Crippen molar-refractivity contribution >= 4 is 34.6 Å². The van der Waals surface area contributed by atoms with Gasteiger partial charge in [-0.3, -0.25) is 24.3 Å². The normalized spacial score (nSPS) is 19.7. The molecule has 2 aliphatic rings. The van der Waals surface area contributed by atoms with Crippen molar-refractivity contribution in [2.75, 3.05) is 18.0 Å². The summed E-state index contributed by atoms with van der Waals surface area (Å²) in [5, 5.41) is 2.27. The monoisotopic (exact) mass is 459 g/mol. The number of imide groups is 1. The molecule has 0 bridgehead atoms. The summed E-state index contributed by atoms with van der Waals surface area (Å²) in [7, 11) is 0. The van der Waals surface area contributed by atoms with Crippen LogP contribution in [0.4, 0.5) is 5.69 Å². The summed E-state index contributed by atoms with van der Waals surface area (Å²) in [6, 6.07) is 4.67. The smallest absolute Gasteiger partial charge is 0.420 e. The molecule has 1 unspecified atom stereocenters. The number of nitrogens with one attached hydrogen (secondary N) is 1. The minimum absolute atomic E-state index is 0.120. The molecule has 2 aromatic rings. The van der Waals surface area contributed by atoms with Crippen LogP contribution in [0.3, 0.4) is 0 Å². The van der Waals surface area contributed by atoms with Crippen molar-refractivity contribution in [3.8, 4) is 0 Å². The Morgan fingerprint density at radius 3 is 2.36 bits per heavy atom. The van der Waals surface area contributed by atoms with E-state index in [1.165, 1.54) is 4.57 Å². The number of oxazole rings is 1. The van der Waals surface area contributed by atoms with Gasteiger partial charge in [-0.1, -0.05) is 13.8 Å². The van der Waals surface area contributed by atoms with Gasteiger partial charge in [-0.15, -0.1) is 0 Å². The highest BCUT2D eigenvalue weighted by Gasteiger charge is 2.32. The molecule has 0 radical (unpaired) electrons. The fourth-order valence-electron chi connectivity index (χ4n) is 4.20. The molecular formula is C24H33N3O6. The van der Waals surface area contributed by atoms with E-state index in [2.05, 4.69) is 10.2 Å². The molecule has 0 spiro atoms. The van der Waals surface area contributed by atoms with Crippen LogP contribution >= 0.6 is 0 Å². The number of carbonyl (C=O) groups is 3. The van der Waals surface area contributed by atoms with Crippen LogP contribution in [-0.4, -0.2) is 41.0 Å². The number of carbonyl (C=O) groups excluding carboxylic acids is 3. The number of hydrogen-bond donors (Lipinski definition) is 1. The van der Waals surface area contributed by atoms with Gasteiger partial charge >= 0.3 is 11.7 Å². The van der Waals surface area contributed by atoms with Gasteiger partial charge in [-0.2, -0.15) is 0 Å². The molecule has 33 heavy (non-hydrogen) atoms. The van der Waals surface area contributed by atoms with Gasteiger partial charge in [-0.25, -0.2) is 4.79 Å². The van der Waals surface area contributed by atoms with Gasteiger partial charge in [0.25, 0.3) is 0 Å². The van der Waals surface area contributed by atoms with Crippen LogP contribution < -0.4 is 16.0 Å². The predicted molar refractivity (Wildman–Crippen MR) is 124 cm³/mol. The molecule has 1 N–H and O–H groups in total. The molecule has 1 atom stereocenters. The van der Waals surface area contributed by atoms with Crippen LogP contribution in [0.25, 0.3) is 11.1 Å². The number of piperidine rings is 2. The maximum absolute atomic E-state index is 12.5. The van der Waals surface area contributed by atoms with E-state index in [0.717, 1.165) is 5.69 Å². The van der Waals surface area contributed by atoms with Crippen molar-refractivity contribution in [3.63, 3.8) is 0 Å². The van der Waals surface area contributed by atoms with Crippen LogP contribution in [0.15, 0.2) is 27.4 Å². The van der Waals surface area contributed by atoms with E-state index in [1.54, 1.807) is 12.1 Å². The maximum atomic E-state index is 12.5. The highest BCUT2D eigenvalue weighted by atomic mass is 16.6. The third-order valence-electron chi connectivity index (χ3n) is 5.72. The summed E-state index contributed by atoms with van der Waals surface area (Å²) in [6.45, 7) is 11.0. The molecule has 1 aromatic heterocycles. The summed E-state index contributed by atoms with van der Waals surface area (Å²) >= 11 is 0. The highest BCUT2D eigenvalue weighted by Crippen LogP contribution is 2.29. The van der Waals surface area contributed by atoms with Gasteiger partial charge < -0.3 is 14.1 Å². The summed E-state index contributed by atoms with van der Waals surface area (Å²) in [6.07, 6.45) is 1.82. The van der Waals surface area contributed by atoms with E-state index in [0.29, 0.717) is 37.0 Å². The summed E-state index contributed by atoms with van der Waals surface area (Å²) < 4.78 is 12.2. The minimum Gasteiger partial charge on any atom is -0.460 e. The topological polar surface area (TPSA) is 111 Å². The summed E-state index contributed by atoms with van der Waals surface area (Å²) in [5.41, 5.74) is 1.31. The van der Waals surface area contributed by atoms with Crippen LogP contribution in [0, 0.1) is 5.92 Å². The largest absolute Gasteiger partial charge is 0.460 e. The quantitative estimate of drug-likeness (QED) is 0.554. The van der Waals surface area contributed by atoms with Crippen molar-refractivity contribution < 1.29 is 23.5 Å². The Morgan fingerprint density at radius 1 is 1.09 bits per heavy atom. The molecule has 2 aliphatic heterocycles. The number of ether oxygens (including phenoxy) is 1. The lowest BCUT2D eigenvalue weighted by Gasteiger charge is -2.33. The molecule has 2 saturated heterocycles. The lowest BCUT2D eigenvalue weighted by atomic mass is 9.96. The molecule has 9 heteroatoms. The number of aromatic nitrogens is 1. The Labute approximate surface area is 193 Å². The van der Waals surface area contributed by atoms with E-state index in [-0.39, 0.29) is 30.6 Å². The van der Waals surface area contributed by atoms with Crippen molar-refractivity contribution in [2.45, 2.75) is 71.9 Å². The molecule has 1 aromatic carbocycles. The Hall–Kier alpha value is -3.10. The average Bonchev–Trinajstić information content (AvgIpc) is 3.09. The Morgan fingerprint density at radius 2 is 1.76 bits per heavy atom. The van der Waals surface area contributed by atoms with E-state index in [9.17, 15) is 19.2 Å². The Kier molecular flexibility index (Phi) is 7.29. The number of rotatable bonds is 3. The van der Waals surface area contributed by atoms with Crippen LogP contribution in [-0.2, 0) is 19.1 Å². The first-order chi connectivity index (χ1) is 15.6. The lowest BCUT2D eigenvalue weighted by Crippen LogP contribution is -2.43. The van der Waals surface area contributed by atoms with Crippen LogP contribution in [0.2, 0.25) is 0 Å². The number of benzene rings is 1. The Balaban J connectivity index is 0.00000149. The van der Waals surface area contributed by atoms with E-state index >= 15 is 0 Å². The molecule has 3 heterocycles. The lowest BCUT2D eigenvalue weighted by molar-refractivity contribution is -0.160. The van der Waals surface area contributed by atoms with Crippen molar-refractivity contribution in [1.82, 2.24) is 9.88 Å². The molecule has 4 rings (SSSR count). The zero-order chi connectivity index (χ0) is 24.3. The average molecular weight is 460 g/mol. The van der Waals surface area contributed by atoms with Crippen molar-refractivity contribution in [3.05, 3.63) is 28.7 Å². The molecule has 2 amide bonds. The molecular weight excluding hydrogens is 426 g/mol. The van der Waals surface area contributed by atoms with E-state index < -0.39 is 23.3 Å². The first-order valence-electron chi connectivity index (χ1n) is 11.6. The minimum atomic E-state index is -0.762.